The van der Waals surface area contributed by atoms with Crippen LogP contribution in [0.3, 0.4) is 0 Å². The number of hydrogen-bond acceptors (Lipinski definition) is 0. The van der Waals surface area contributed by atoms with Gasteiger partial charge in [-0.2, -0.15) is 17.5 Å². The van der Waals surface area contributed by atoms with Crippen molar-refractivity contribution < 1.29 is 71.9 Å². The molecular formula is C36H34Cl4Zr2-. The van der Waals surface area contributed by atoms with Gasteiger partial charge in [-0.3, -0.25) is 0 Å². The Morgan fingerprint density at radius 1 is 0.595 bits per heavy atom. The molecule has 0 N–H and O–H groups in total. The van der Waals surface area contributed by atoms with Gasteiger partial charge in [0.1, 0.15) is 0 Å². The van der Waals surface area contributed by atoms with Crippen LogP contribution in [0.4, 0.5) is 0 Å². The largest absolute Gasteiger partial charge is 3.00 e. The van der Waals surface area contributed by atoms with Crippen LogP contribution < -0.4 is 24.8 Å². The van der Waals surface area contributed by atoms with Crippen molar-refractivity contribution in [3.63, 3.8) is 0 Å². The van der Waals surface area contributed by atoms with Crippen LogP contribution in [-0.4, -0.2) is 0 Å². The molecule has 0 aliphatic heterocycles. The van der Waals surface area contributed by atoms with E-state index in [0.717, 1.165) is 12.8 Å². The average molecular weight is 791 g/mol. The Hall–Kier alpha value is -0.974. The summed E-state index contributed by atoms with van der Waals surface area (Å²) < 4.78 is 0. The third-order valence-electron chi connectivity index (χ3n) is 7.75. The van der Waals surface area contributed by atoms with Gasteiger partial charge in [0, 0.05) is 0 Å². The van der Waals surface area contributed by atoms with Crippen LogP contribution in [0, 0.1) is 0 Å². The minimum absolute atomic E-state index is 0. The molecular weight excluding hydrogens is 757 g/mol. The summed E-state index contributed by atoms with van der Waals surface area (Å²) in [6, 6.07) is 33.9. The smallest absolute Gasteiger partial charge is 0.168 e. The molecule has 7 rings (SSSR count). The molecule has 5 aromatic rings. The normalized spacial score (nSPS) is 13.3. The van der Waals surface area contributed by atoms with E-state index in [-0.39, 0.29) is 51.0 Å². The van der Waals surface area contributed by atoms with Crippen molar-refractivity contribution in [1.82, 2.24) is 0 Å². The molecule has 1 radical (unpaired) electrons. The number of benzene rings is 3. The Morgan fingerprint density at radius 3 is 1.40 bits per heavy atom. The topological polar surface area (TPSA) is 0 Å². The van der Waals surface area contributed by atoms with Crippen molar-refractivity contribution >= 4 is 49.3 Å². The van der Waals surface area contributed by atoms with Crippen molar-refractivity contribution in [3.8, 4) is 0 Å². The van der Waals surface area contributed by atoms with Gasteiger partial charge in [-0.25, -0.2) is 0 Å². The standard InChI is InChI=1S/C14H18.C13H9.C9H7.4ClH.2Zr/c1-9-5-7-13(11(9)3)14-8-6-10(2)12(14)4;1-3-7-12-10(5-1)9-11-6-2-4-8-13(11)12;1-2-5-9-7-3-6-8(9)4-1;;;;;;/h5-6H,7-8H2,1-4H3;1-9H;1-7H;4*1H;;/q;2*-1;;;;;+2;+3/p-4. The number of rotatable bonds is 1. The molecule has 0 atom stereocenters. The van der Waals surface area contributed by atoms with Crippen molar-refractivity contribution in [1.29, 1.82) is 0 Å². The van der Waals surface area contributed by atoms with E-state index in [9.17, 15) is 0 Å². The monoisotopic (exact) mass is 786 g/mol. The molecule has 42 heavy (non-hydrogen) atoms. The molecule has 0 amide bonds. The maximum atomic E-state index is 4.93. The minimum Gasteiger partial charge on any atom is -0.168 e. The minimum atomic E-state index is -0.826. The molecule has 0 heterocycles. The van der Waals surface area contributed by atoms with E-state index in [4.69, 9.17) is 17.0 Å². The van der Waals surface area contributed by atoms with Gasteiger partial charge in [0.25, 0.3) is 0 Å². The van der Waals surface area contributed by atoms with Gasteiger partial charge in [0.15, 0.2) is 0 Å². The Balaban J connectivity index is 0.000000296. The van der Waals surface area contributed by atoms with Crippen LogP contribution in [0.15, 0.2) is 143 Å². The summed E-state index contributed by atoms with van der Waals surface area (Å²) in [5.41, 5.74) is 9.08. The molecule has 0 nitrogen and oxygen atoms in total. The molecule has 0 aromatic heterocycles. The van der Waals surface area contributed by atoms with Gasteiger partial charge in [0.2, 0.25) is 0 Å². The van der Waals surface area contributed by atoms with Crippen LogP contribution in [-0.2, 0) is 47.1 Å². The van der Waals surface area contributed by atoms with Crippen LogP contribution in [0.2, 0.25) is 0 Å². The Bertz CT molecular complexity index is 1580. The predicted octanol–water partition coefficient (Wildman–Crippen LogP) is 5.97. The number of allylic oxidation sites excluding steroid dienone is 8. The van der Waals surface area contributed by atoms with E-state index in [2.05, 4.69) is 137 Å². The van der Waals surface area contributed by atoms with Crippen molar-refractivity contribution in [2.24, 2.45) is 0 Å². The van der Waals surface area contributed by atoms with Gasteiger partial charge in [-0.05, 0) is 62.8 Å². The molecule has 6 heteroatoms. The Morgan fingerprint density at radius 2 is 1.00 bits per heavy atom. The summed E-state index contributed by atoms with van der Waals surface area (Å²) in [5, 5.41) is 8.05. The molecule has 2 aliphatic rings. The van der Waals surface area contributed by atoms with E-state index < -0.39 is 20.8 Å². The molecule has 2 aliphatic carbocycles. The molecule has 0 saturated carbocycles. The van der Waals surface area contributed by atoms with E-state index >= 15 is 0 Å². The average Bonchev–Trinajstić information content (AvgIpc) is 3.73. The Kier molecular flexibility index (Phi) is 18.1. The van der Waals surface area contributed by atoms with Crippen LogP contribution in [0.1, 0.15) is 40.5 Å². The van der Waals surface area contributed by atoms with Crippen LogP contribution in [0.25, 0.3) is 32.3 Å². The zero-order valence-corrected chi connectivity index (χ0v) is 32.3. The van der Waals surface area contributed by atoms with E-state index in [1.807, 2.05) is 0 Å². The number of fused-ring (bicyclic) bond motifs is 4. The fourth-order valence-corrected chi connectivity index (χ4v) is 5.27. The first-order chi connectivity index (χ1) is 18.9. The summed E-state index contributed by atoms with van der Waals surface area (Å²) in [6.45, 7) is 8.94. The van der Waals surface area contributed by atoms with Gasteiger partial charge in [0.05, 0.1) is 0 Å². The SMILES string of the molecule is CC1=CCC(C2=C(C)C(C)=CC2)=C1C.[Cl-].[Cl-].[Cl][Zr][Cl].[Zr+3].c1ccc2[cH-]ccc2c1.c1ccc2c(c1)[cH-]c1ccccc12. The van der Waals surface area contributed by atoms with Gasteiger partial charge in [-0.1, -0.05) is 65.8 Å². The zero-order chi connectivity index (χ0) is 27.8. The van der Waals surface area contributed by atoms with Gasteiger partial charge < -0.3 is 24.8 Å². The summed E-state index contributed by atoms with van der Waals surface area (Å²) in [6.07, 6.45) is 6.98. The molecule has 0 saturated heterocycles. The molecule has 215 valence electrons. The third-order valence-corrected chi connectivity index (χ3v) is 7.75. The first-order valence-electron chi connectivity index (χ1n) is 13.3. The first kappa shape index (κ1) is 39.1. The fraction of sp³-hybridized carbons (Fsp3) is 0.167. The molecule has 0 bridgehead atoms. The molecule has 0 fully saturated rings. The molecule has 0 unspecified atom stereocenters. The third kappa shape index (κ3) is 9.76. The Labute approximate surface area is 301 Å². The van der Waals surface area contributed by atoms with Gasteiger partial charge in [-0.15, -0.1) is 69.4 Å². The fourth-order valence-electron chi connectivity index (χ4n) is 5.27. The van der Waals surface area contributed by atoms with Crippen molar-refractivity contribution in [2.45, 2.75) is 40.5 Å². The maximum absolute atomic E-state index is 4.93. The summed E-state index contributed by atoms with van der Waals surface area (Å²) in [4.78, 5) is 0. The number of hydrogen-bond donors (Lipinski definition) is 0. The second-order valence-electron chi connectivity index (χ2n) is 9.93. The van der Waals surface area contributed by atoms with Crippen LogP contribution >= 0.6 is 17.0 Å². The first-order valence-corrected chi connectivity index (χ1v) is 19.6. The number of halogens is 4. The quantitative estimate of drug-likeness (QED) is 0.184. The summed E-state index contributed by atoms with van der Waals surface area (Å²) in [7, 11) is 9.87. The second-order valence-corrected chi connectivity index (χ2v) is 13.7. The van der Waals surface area contributed by atoms with Crippen molar-refractivity contribution in [2.75, 3.05) is 0 Å². The van der Waals surface area contributed by atoms with Crippen molar-refractivity contribution in [3.05, 3.63) is 143 Å². The van der Waals surface area contributed by atoms with Crippen LogP contribution in [0.5, 0.6) is 0 Å². The van der Waals surface area contributed by atoms with Gasteiger partial charge >= 0.3 is 64.1 Å². The van der Waals surface area contributed by atoms with E-state index in [1.165, 1.54) is 54.6 Å². The summed E-state index contributed by atoms with van der Waals surface area (Å²) >= 11 is -0.826. The zero-order valence-electron chi connectivity index (χ0n) is 24.3. The van der Waals surface area contributed by atoms with E-state index in [0.29, 0.717) is 0 Å². The maximum Gasteiger partial charge on any atom is 3.00 e. The predicted molar refractivity (Wildman–Crippen MR) is 170 cm³/mol. The second kappa shape index (κ2) is 19.4. The van der Waals surface area contributed by atoms with E-state index in [1.54, 1.807) is 11.1 Å². The molecule has 0 spiro atoms. The molecule has 5 aromatic carbocycles. The summed E-state index contributed by atoms with van der Waals surface area (Å²) in [5.74, 6) is 0.